The summed E-state index contributed by atoms with van der Waals surface area (Å²) in [5.41, 5.74) is 1.31. The molecule has 0 bridgehead atoms. The Bertz CT molecular complexity index is 597. The van der Waals surface area contributed by atoms with Crippen LogP contribution in [0.5, 0.6) is 11.5 Å². The van der Waals surface area contributed by atoms with E-state index in [-0.39, 0.29) is 6.03 Å². The van der Waals surface area contributed by atoms with Crippen LogP contribution in [0.3, 0.4) is 0 Å². The lowest BCUT2D eigenvalue weighted by molar-refractivity contribution is 0.262. The number of para-hydroxylation sites is 2. The zero-order valence-corrected chi connectivity index (χ0v) is 12.1. The molecule has 0 aromatic heterocycles. The van der Waals surface area contributed by atoms with Crippen LogP contribution >= 0.6 is 0 Å². The van der Waals surface area contributed by atoms with Crippen LogP contribution in [0.1, 0.15) is 6.92 Å². The van der Waals surface area contributed by atoms with Crippen molar-refractivity contribution in [2.75, 3.05) is 24.4 Å². The highest BCUT2D eigenvalue weighted by Gasteiger charge is 2.07. The molecule has 2 rings (SSSR count). The average Bonchev–Trinajstić information content (AvgIpc) is 2.50. The third-order valence-electron chi connectivity index (χ3n) is 2.78. The van der Waals surface area contributed by atoms with Crippen LogP contribution in [-0.2, 0) is 0 Å². The first kappa shape index (κ1) is 14.7. The Kier molecular flexibility index (Phi) is 5.04. The van der Waals surface area contributed by atoms with Crippen LogP contribution in [0.2, 0.25) is 0 Å². The molecule has 2 amide bonds. The molecule has 0 aliphatic rings. The van der Waals surface area contributed by atoms with Crippen molar-refractivity contribution in [3.63, 3.8) is 0 Å². The van der Waals surface area contributed by atoms with E-state index in [0.29, 0.717) is 23.7 Å². The number of carbonyl (C=O) groups is 1. The van der Waals surface area contributed by atoms with Gasteiger partial charge in [-0.25, -0.2) is 4.79 Å². The predicted molar refractivity (Wildman–Crippen MR) is 83.2 cm³/mol. The molecular weight excluding hydrogens is 268 g/mol. The largest absolute Gasteiger partial charge is 0.497 e. The maximum absolute atomic E-state index is 12.0. The fraction of sp³-hybridized carbons (Fsp3) is 0.188. The number of benzene rings is 2. The number of hydrogen-bond acceptors (Lipinski definition) is 3. The summed E-state index contributed by atoms with van der Waals surface area (Å²) >= 11 is 0. The van der Waals surface area contributed by atoms with Gasteiger partial charge in [-0.3, -0.25) is 0 Å². The molecule has 5 heteroatoms. The van der Waals surface area contributed by atoms with Gasteiger partial charge in [0.1, 0.15) is 11.5 Å². The highest BCUT2D eigenvalue weighted by Crippen LogP contribution is 2.24. The second-order valence-corrected chi connectivity index (χ2v) is 4.24. The van der Waals surface area contributed by atoms with Gasteiger partial charge in [0.2, 0.25) is 0 Å². The van der Waals surface area contributed by atoms with E-state index in [9.17, 15) is 4.79 Å². The summed E-state index contributed by atoms with van der Waals surface area (Å²) in [4.78, 5) is 12.0. The molecule has 21 heavy (non-hydrogen) atoms. The van der Waals surface area contributed by atoms with Gasteiger partial charge >= 0.3 is 6.03 Å². The van der Waals surface area contributed by atoms with Gasteiger partial charge in [0.05, 0.1) is 19.4 Å². The summed E-state index contributed by atoms with van der Waals surface area (Å²) in [5, 5.41) is 5.52. The van der Waals surface area contributed by atoms with Gasteiger partial charge in [-0.2, -0.15) is 0 Å². The Morgan fingerprint density at radius 3 is 2.43 bits per heavy atom. The van der Waals surface area contributed by atoms with Gasteiger partial charge in [0, 0.05) is 5.69 Å². The summed E-state index contributed by atoms with van der Waals surface area (Å²) in [6.45, 7) is 2.44. The van der Waals surface area contributed by atoms with Crippen molar-refractivity contribution >= 4 is 17.4 Å². The van der Waals surface area contributed by atoms with Crippen LogP contribution in [0.4, 0.5) is 16.2 Å². The molecule has 0 radical (unpaired) electrons. The van der Waals surface area contributed by atoms with Gasteiger partial charge in [0.25, 0.3) is 0 Å². The molecule has 0 aliphatic heterocycles. The van der Waals surface area contributed by atoms with E-state index in [0.717, 1.165) is 5.75 Å². The molecule has 0 fully saturated rings. The van der Waals surface area contributed by atoms with E-state index < -0.39 is 0 Å². The Morgan fingerprint density at radius 1 is 1.05 bits per heavy atom. The van der Waals surface area contributed by atoms with Crippen LogP contribution in [0, 0.1) is 0 Å². The molecule has 5 nitrogen and oxygen atoms in total. The Balaban J connectivity index is 2.01. The van der Waals surface area contributed by atoms with Crippen molar-refractivity contribution in [3.8, 4) is 11.5 Å². The molecule has 2 aromatic carbocycles. The maximum atomic E-state index is 12.0. The number of rotatable bonds is 5. The lowest BCUT2D eigenvalue weighted by atomic mass is 10.3. The van der Waals surface area contributed by atoms with Crippen LogP contribution in [0.15, 0.2) is 48.5 Å². The van der Waals surface area contributed by atoms with Crippen LogP contribution in [-0.4, -0.2) is 19.7 Å². The van der Waals surface area contributed by atoms with Gasteiger partial charge in [-0.15, -0.1) is 0 Å². The highest BCUT2D eigenvalue weighted by molar-refractivity contribution is 6.00. The van der Waals surface area contributed by atoms with Gasteiger partial charge in [0.15, 0.2) is 0 Å². The van der Waals surface area contributed by atoms with Gasteiger partial charge < -0.3 is 20.1 Å². The predicted octanol–water partition coefficient (Wildman–Crippen LogP) is 3.74. The quantitative estimate of drug-likeness (QED) is 0.880. The molecule has 0 unspecified atom stereocenters. The molecule has 0 heterocycles. The van der Waals surface area contributed by atoms with Crippen LogP contribution < -0.4 is 20.1 Å². The fourth-order valence-electron chi connectivity index (χ4n) is 1.81. The summed E-state index contributed by atoms with van der Waals surface area (Å²) < 4.78 is 10.5. The second-order valence-electron chi connectivity index (χ2n) is 4.24. The van der Waals surface area contributed by atoms with Crippen molar-refractivity contribution in [1.29, 1.82) is 0 Å². The van der Waals surface area contributed by atoms with Crippen LogP contribution in [0.25, 0.3) is 0 Å². The first-order chi connectivity index (χ1) is 10.2. The normalized spacial score (nSPS) is 9.81. The van der Waals surface area contributed by atoms with E-state index in [1.165, 1.54) is 0 Å². The average molecular weight is 286 g/mol. The SMILES string of the molecule is CCOc1ccccc1NC(=O)Nc1ccc(OC)cc1. The Labute approximate surface area is 123 Å². The summed E-state index contributed by atoms with van der Waals surface area (Å²) in [6.07, 6.45) is 0. The number of anilines is 2. The number of ether oxygens (including phenoxy) is 2. The van der Waals surface area contributed by atoms with E-state index in [4.69, 9.17) is 9.47 Å². The summed E-state index contributed by atoms with van der Waals surface area (Å²) in [6, 6.07) is 14.1. The van der Waals surface area contributed by atoms with E-state index >= 15 is 0 Å². The number of urea groups is 1. The maximum Gasteiger partial charge on any atom is 0.323 e. The first-order valence-electron chi connectivity index (χ1n) is 6.67. The van der Waals surface area contributed by atoms with Crippen molar-refractivity contribution in [1.82, 2.24) is 0 Å². The molecule has 110 valence electrons. The smallest absolute Gasteiger partial charge is 0.323 e. The fourth-order valence-corrected chi connectivity index (χ4v) is 1.81. The van der Waals surface area contributed by atoms with Crippen molar-refractivity contribution in [2.45, 2.75) is 6.92 Å². The van der Waals surface area contributed by atoms with Crippen molar-refractivity contribution < 1.29 is 14.3 Å². The molecule has 0 atom stereocenters. The molecular formula is C16H18N2O3. The minimum atomic E-state index is -0.327. The molecule has 0 aliphatic carbocycles. The standard InChI is InChI=1S/C16H18N2O3/c1-3-21-15-7-5-4-6-14(15)18-16(19)17-12-8-10-13(20-2)11-9-12/h4-11H,3H2,1-2H3,(H2,17,18,19). The third-order valence-corrected chi connectivity index (χ3v) is 2.78. The minimum Gasteiger partial charge on any atom is -0.497 e. The molecule has 2 aromatic rings. The first-order valence-corrected chi connectivity index (χ1v) is 6.67. The van der Waals surface area contributed by atoms with Gasteiger partial charge in [-0.1, -0.05) is 12.1 Å². The summed E-state index contributed by atoms with van der Waals surface area (Å²) in [5.74, 6) is 1.38. The number of nitrogens with one attached hydrogen (secondary N) is 2. The lowest BCUT2D eigenvalue weighted by Crippen LogP contribution is -2.19. The summed E-state index contributed by atoms with van der Waals surface area (Å²) in [7, 11) is 1.60. The zero-order chi connectivity index (χ0) is 15.1. The number of carbonyl (C=O) groups excluding carboxylic acids is 1. The highest BCUT2D eigenvalue weighted by atomic mass is 16.5. The molecule has 0 spiro atoms. The van der Waals surface area contributed by atoms with Gasteiger partial charge in [-0.05, 0) is 43.3 Å². The van der Waals surface area contributed by atoms with Crippen molar-refractivity contribution in [2.24, 2.45) is 0 Å². The Hall–Kier alpha value is -2.69. The number of amides is 2. The molecule has 0 saturated heterocycles. The topological polar surface area (TPSA) is 59.6 Å². The van der Waals surface area contributed by atoms with E-state index in [1.807, 2.05) is 25.1 Å². The minimum absolute atomic E-state index is 0.327. The molecule has 0 saturated carbocycles. The zero-order valence-electron chi connectivity index (χ0n) is 12.1. The second kappa shape index (κ2) is 7.19. The van der Waals surface area contributed by atoms with Crippen molar-refractivity contribution in [3.05, 3.63) is 48.5 Å². The van der Waals surface area contributed by atoms with E-state index in [2.05, 4.69) is 10.6 Å². The number of methoxy groups -OCH3 is 1. The molecule has 2 N–H and O–H groups in total. The van der Waals surface area contributed by atoms with E-state index in [1.54, 1.807) is 37.4 Å². The Morgan fingerprint density at radius 2 is 1.76 bits per heavy atom. The monoisotopic (exact) mass is 286 g/mol. The number of hydrogen-bond donors (Lipinski definition) is 2. The lowest BCUT2D eigenvalue weighted by Gasteiger charge is -2.12. The third kappa shape index (κ3) is 4.14.